The van der Waals surface area contributed by atoms with E-state index in [1.165, 1.54) is 12.3 Å². The van der Waals surface area contributed by atoms with Gasteiger partial charge < -0.3 is 24.5 Å². The van der Waals surface area contributed by atoms with Gasteiger partial charge in [0.2, 0.25) is 0 Å². The molecular formula is C39H25Cl2F12N4O10S3-. The van der Waals surface area contributed by atoms with Gasteiger partial charge in [0.25, 0.3) is 19.1 Å². The summed E-state index contributed by atoms with van der Waals surface area (Å²) in [7, 11) is -4.26. The van der Waals surface area contributed by atoms with Gasteiger partial charge in [-0.2, -0.15) is 3.74 Å². The predicted octanol–water partition coefficient (Wildman–Crippen LogP) is 11.2. The minimum absolute atomic E-state index is 0.00548. The van der Waals surface area contributed by atoms with Crippen LogP contribution in [0.1, 0.15) is 0 Å². The van der Waals surface area contributed by atoms with Gasteiger partial charge in [-0.05, 0) is 84.9 Å². The van der Waals surface area contributed by atoms with Crippen molar-refractivity contribution in [1.29, 1.82) is 0 Å². The highest BCUT2D eigenvalue weighted by atomic mass is 35.7. The first-order valence-corrected chi connectivity index (χ1v) is 22.9. The molecule has 1 atom stereocenters. The van der Waals surface area contributed by atoms with Crippen molar-refractivity contribution in [3.8, 4) is 17.2 Å². The van der Waals surface area contributed by atoms with Crippen molar-refractivity contribution >= 4 is 86.2 Å². The van der Waals surface area contributed by atoms with E-state index in [1.54, 1.807) is 30.5 Å². The van der Waals surface area contributed by atoms with Crippen molar-refractivity contribution in [2.75, 3.05) is 10.5 Å². The van der Waals surface area contributed by atoms with Gasteiger partial charge in [0.1, 0.15) is 55.9 Å². The molecule has 0 saturated heterocycles. The number of halogens is 14. The molecule has 31 heteroatoms. The molecule has 7 rings (SSSR count). The Morgan fingerprint density at radius 2 is 1.00 bits per heavy atom. The summed E-state index contributed by atoms with van der Waals surface area (Å²) < 4.78 is 226. The van der Waals surface area contributed by atoms with Crippen molar-refractivity contribution in [1.82, 2.24) is 9.97 Å². The van der Waals surface area contributed by atoms with Crippen LogP contribution in [0, 0.1) is 17.5 Å². The Kier molecular flexibility index (Phi) is 20.7. The second-order valence-corrected chi connectivity index (χ2v) is 17.6. The van der Waals surface area contributed by atoms with Crippen molar-refractivity contribution in [2.24, 2.45) is 0 Å². The first-order chi connectivity index (χ1) is 32.3. The van der Waals surface area contributed by atoms with E-state index in [1.807, 2.05) is 30.3 Å². The molecule has 14 nitrogen and oxygen atoms in total. The van der Waals surface area contributed by atoms with Gasteiger partial charge in [-0.25, -0.2) is 34.2 Å². The molecule has 0 aliphatic carbocycles. The van der Waals surface area contributed by atoms with Crippen LogP contribution in [0.5, 0.6) is 17.2 Å². The number of hydrogen-bond donors (Lipinski definition) is 2. The first-order valence-electron chi connectivity index (χ1n) is 17.8. The van der Waals surface area contributed by atoms with E-state index < -0.39 is 94.0 Å². The van der Waals surface area contributed by atoms with Crippen LogP contribution in [0.15, 0.2) is 144 Å². The van der Waals surface area contributed by atoms with Crippen LogP contribution in [0.4, 0.5) is 64.1 Å². The van der Waals surface area contributed by atoms with Crippen molar-refractivity contribution < 1.29 is 96.2 Å². The van der Waals surface area contributed by atoms with Crippen molar-refractivity contribution in [3.63, 3.8) is 0 Å². The number of rotatable bonds is 8. The SMILES string of the molecule is Fc1ccc(OC(F)(F)F)cc1.Nc1cnc2ccccc2c1.O=S(=O)(Cl)c1cc(F)ccc1OC(F)(F)F.O=S(=O)(Nc1cnc2ccccc2c1)c1cc(F)ccc1OC(F)(F)F.O=S([O-])OCl. The second kappa shape index (κ2) is 25.0. The number of pyridine rings is 2. The number of aromatic nitrogens is 2. The molecule has 0 amide bonds. The number of para-hydroxylation sites is 2. The maximum atomic E-state index is 13.4. The van der Waals surface area contributed by atoms with E-state index in [-0.39, 0.29) is 5.69 Å². The monoisotopic (exact) mass is 1100 g/mol. The Morgan fingerprint density at radius 3 is 1.46 bits per heavy atom. The summed E-state index contributed by atoms with van der Waals surface area (Å²) in [4.78, 5) is 6.14. The van der Waals surface area contributed by atoms with Crippen molar-refractivity contribution in [2.45, 2.75) is 28.9 Å². The van der Waals surface area contributed by atoms with Crippen molar-refractivity contribution in [3.05, 3.63) is 151 Å². The molecule has 0 fully saturated rings. The van der Waals surface area contributed by atoms with Gasteiger partial charge in [0.05, 0.1) is 46.7 Å². The maximum absolute atomic E-state index is 13.4. The smallest absolute Gasteiger partial charge is 0.573 e. The van der Waals surface area contributed by atoms with Crippen LogP contribution < -0.4 is 24.7 Å². The van der Waals surface area contributed by atoms with E-state index in [9.17, 15) is 69.5 Å². The molecule has 0 aliphatic heterocycles. The molecule has 1 unspecified atom stereocenters. The Morgan fingerprint density at radius 1 is 0.586 bits per heavy atom. The lowest BCUT2D eigenvalue weighted by molar-refractivity contribution is -0.276. The fourth-order valence-electron chi connectivity index (χ4n) is 4.84. The van der Waals surface area contributed by atoms with Gasteiger partial charge in [-0.3, -0.25) is 14.7 Å². The lowest BCUT2D eigenvalue weighted by Gasteiger charge is -2.14. The summed E-state index contributed by atoms with van der Waals surface area (Å²) in [6.07, 6.45) is -12.1. The number of hydrogen-bond acceptors (Lipinski definition) is 13. The van der Waals surface area contributed by atoms with Gasteiger partial charge in [0.15, 0.2) is 0 Å². The summed E-state index contributed by atoms with van der Waals surface area (Å²) in [5, 5.41) is 1.70. The van der Waals surface area contributed by atoms with Crippen LogP contribution >= 0.6 is 22.5 Å². The quantitative estimate of drug-likeness (QED) is 0.0825. The van der Waals surface area contributed by atoms with Gasteiger partial charge in [-0.15, -0.1) is 39.5 Å². The average Bonchev–Trinajstić information content (AvgIpc) is 3.24. The number of sulfonamides is 1. The Balaban J connectivity index is 0.000000253. The highest BCUT2D eigenvalue weighted by Crippen LogP contribution is 2.33. The standard InChI is InChI=1S/C16H10F4N2O3S.C9H8N2.C7H3ClF4O3S.C7H4F4O.ClHO3S/c17-11-5-6-14(25-16(18,19)20)15(8-11)26(23,24)22-12-7-10-3-1-2-4-13(10)21-9-12;10-8-5-7-3-1-2-4-9(7)11-6-8;8-16(13,14)6-3-4(9)1-2-5(6)15-7(10,11)12;8-5-1-3-6(4-2-5)12-7(9,10)11;1-4-5(2)3/h1-9,22H;1-6H,10H2;1-3H;1-4H;(H,2,3)/p-1. The minimum atomic E-state index is -5.13. The fourth-order valence-corrected chi connectivity index (χ4v) is 6.98. The summed E-state index contributed by atoms with van der Waals surface area (Å²) in [5.74, 6) is -5.23. The lowest BCUT2D eigenvalue weighted by Crippen LogP contribution is -2.21. The van der Waals surface area contributed by atoms with Crippen LogP contribution in [0.25, 0.3) is 21.8 Å². The Bertz CT molecular complexity index is 3110. The van der Waals surface area contributed by atoms with Gasteiger partial charge in [0, 0.05) is 21.5 Å². The summed E-state index contributed by atoms with van der Waals surface area (Å²) >= 11 is 1.67. The second-order valence-electron chi connectivity index (χ2n) is 12.5. The summed E-state index contributed by atoms with van der Waals surface area (Å²) in [6, 6.07) is 24.9. The normalized spacial score (nSPS) is 12.0. The van der Waals surface area contributed by atoms with E-state index in [2.05, 4.69) is 44.5 Å². The third-order valence-electron chi connectivity index (χ3n) is 7.37. The number of nitrogens with zero attached hydrogens (tertiary/aromatic N) is 2. The Hall–Kier alpha value is -6.37. The zero-order valence-corrected chi connectivity index (χ0v) is 37.7. The number of anilines is 2. The molecular weight excluding hydrogens is 1080 g/mol. The molecule has 0 bridgehead atoms. The molecule has 2 aromatic heterocycles. The number of nitrogens with one attached hydrogen (secondary N) is 1. The molecule has 5 aromatic carbocycles. The Labute approximate surface area is 398 Å². The number of fused-ring (bicyclic) bond motifs is 2. The molecule has 7 aromatic rings. The third kappa shape index (κ3) is 21.1. The highest BCUT2D eigenvalue weighted by molar-refractivity contribution is 8.13. The zero-order chi connectivity index (χ0) is 52.7. The highest BCUT2D eigenvalue weighted by Gasteiger charge is 2.35. The predicted molar refractivity (Wildman–Crippen MR) is 227 cm³/mol. The van der Waals surface area contributed by atoms with Crippen LogP contribution in [0.3, 0.4) is 0 Å². The molecule has 378 valence electrons. The summed E-state index contributed by atoms with van der Waals surface area (Å²) in [5.41, 5.74) is 7.87. The molecule has 2 heterocycles. The zero-order valence-electron chi connectivity index (χ0n) is 33.8. The van der Waals surface area contributed by atoms with Crippen LogP contribution in [0.2, 0.25) is 0 Å². The van der Waals surface area contributed by atoms with E-state index in [4.69, 9.17) is 25.2 Å². The molecule has 70 heavy (non-hydrogen) atoms. The van der Waals surface area contributed by atoms with Crippen LogP contribution in [-0.2, 0) is 34.2 Å². The number of nitrogens with two attached hydrogens (primary N) is 1. The molecule has 0 radical (unpaired) electrons. The average molecular weight is 1100 g/mol. The van der Waals surface area contributed by atoms with Crippen LogP contribution in [-0.4, -0.2) is 54.7 Å². The molecule has 0 saturated carbocycles. The number of benzene rings is 5. The van der Waals surface area contributed by atoms with E-state index >= 15 is 0 Å². The molecule has 0 aliphatic rings. The first kappa shape index (κ1) is 57.9. The topological polar surface area (TPSA) is 209 Å². The minimum Gasteiger partial charge on any atom is -0.749 e. The number of nitrogen functional groups attached to an aromatic ring is 1. The molecule has 0 spiro atoms. The van der Waals surface area contributed by atoms with E-state index in [0.717, 1.165) is 35.2 Å². The summed E-state index contributed by atoms with van der Waals surface area (Å²) in [6.45, 7) is 0. The number of alkyl halides is 9. The van der Waals surface area contributed by atoms with E-state index in [0.29, 0.717) is 53.0 Å². The number of ether oxygens (including phenoxy) is 3. The maximum Gasteiger partial charge on any atom is 0.573 e. The lowest BCUT2D eigenvalue weighted by atomic mass is 10.2. The fraction of sp³-hybridized carbons (Fsp3) is 0.0769. The third-order valence-corrected chi connectivity index (χ3v) is 10.5. The molecule has 3 N–H and O–H groups in total. The van der Waals surface area contributed by atoms with Gasteiger partial charge in [-0.1, -0.05) is 36.4 Å². The van der Waals surface area contributed by atoms with Gasteiger partial charge >= 0.3 is 19.1 Å². The largest absolute Gasteiger partial charge is 0.749 e.